The maximum atomic E-state index is 3.55. The molecule has 82 valence electrons. The van der Waals surface area contributed by atoms with Gasteiger partial charge in [0.15, 0.2) is 0 Å². The van der Waals surface area contributed by atoms with E-state index in [4.69, 9.17) is 0 Å². The van der Waals surface area contributed by atoms with Crippen LogP contribution < -0.4 is 5.32 Å². The topological polar surface area (TPSA) is 15.3 Å². The van der Waals surface area contributed by atoms with Crippen LogP contribution in [0.2, 0.25) is 0 Å². The van der Waals surface area contributed by atoms with E-state index < -0.39 is 0 Å². The molecular weight excluding hydrogens is 184 g/mol. The average Bonchev–Trinajstić information content (AvgIpc) is 2.13. The molecule has 0 heterocycles. The Kier molecular flexibility index (Phi) is 3.27. The van der Waals surface area contributed by atoms with Crippen LogP contribution in [-0.2, 0) is 6.54 Å². The fourth-order valence-electron chi connectivity index (χ4n) is 1.86. The molecule has 0 aliphatic heterocycles. The average molecular weight is 204 g/mol. The van der Waals surface area contributed by atoms with Crippen LogP contribution in [0.4, 0.5) is 5.69 Å². The first-order valence-electron chi connectivity index (χ1n) is 5.74. The largest absolute Gasteiger partial charge is 0.382 e. The first kappa shape index (κ1) is 10.5. The monoisotopic (exact) mass is 204 g/mol. The van der Waals surface area contributed by atoms with E-state index in [0.717, 1.165) is 12.6 Å². The van der Waals surface area contributed by atoms with E-state index in [1.54, 1.807) is 0 Å². The number of nitrogens with one attached hydrogen (secondary N) is 1. The van der Waals surface area contributed by atoms with Crippen LogP contribution in [0.5, 0.6) is 0 Å². The number of hydrogen-bond donors (Lipinski definition) is 1. The summed E-state index contributed by atoms with van der Waals surface area (Å²) in [5.74, 6) is 0. The molecule has 0 saturated heterocycles. The fraction of sp³-hybridized carbons (Fsp3) is 0.538. The van der Waals surface area contributed by atoms with Gasteiger partial charge in [-0.15, -0.1) is 0 Å². The third-order valence-electron chi connectivity index (χ3n) is 2.93. The molecule has 1 saturated carbocycles. The van der Waals surface area contributed by atoms with Crippen LogP contribution in [-0.4, -0.2) is 25.0 Å². The zero-order valence-electron chi connectivity index (χ0n) is 9.66. The third-order valence-corrected chi connectivity index (χ3v) is 2.93. The molecule has 15 heavy (non-hydrogen) atoms. The standard InChI is InChI=1S/C13H20N2/c1-15(2)10-11-6-8-13(9-7-11)14-12-4-3-5-12/h6-9,12,14H,3-5,10H2,1-2H3. The summed E-state index contributed by atoms with van der Waals surface area (Å²) in [6.45, 7) is 1.02. The van der Waals surface area contributed by atoms with Crippen molar-refractivity contribution in [2.24, 2.45) is 0 Å². The molecule has 2 rings (SSSR count). The van der Waals surface area contributed by atoms with E-state index in [-0.39, 0.29) is 0 Å². The van der Waals surface area contributed by atoms with Crippen molar-refractivity contribution in [3.63, 3.8) is 0 Å². The Labute approximate surface area is 92.3 Å². The number of nitrogens with zero attached hydrogens (tertiary/aromatic N) is 1. The van der Waals surface area contributed by atoms with Crippen molar-refractivity contribution in [3.8, 4) is 0 Å². The van der Waals surface area contributed by atoms with Crippen LogP contribution in [0, 0.1) is 0 Å². The smallest absolute Gasteiger partial charge is 0.0342 e. The molecule has 1 aliphatic carbocycles. The van der Waals surface area contributed by atoms with E-state index in [2.05, 4.69) is 48.6 Å². The lowest BCUT2D eigenvalue weighted by molar-refractivity contribution is 0.402. The zero-order valence-corrected chi connectivity index (χ0v) is 9.66. The van der Waals surface area contributed by atoms with Gasteiger partial charge in [-0.1, -0.05) is 12.1 Å². The van der Waals surface area contributed by atoms with Gasteiger partial charge in [-0.3, -0.25) is 0 Å². The lowest BCUT2D eigenvalue weighted by Crippen LogP contribution is -2.26. The van der Waals surface area contributed by atoms with Gasteiger partial charge in [0.25, 0.3) is 0 Å². The summed E-state index contributed by atoms with van der Waals surface area (Å²) in [4.78, 5) is 2.19. The van der Waals surface area contributed by atoms with E-state index >= 15 is 0 Å². The lowest BCUT2D eigenvalue weighted by Gasteiger charge is -2.27. The Morgan fingerprint density at radius 3 is 2.33 bits per heavy atom. The lowest BCUT2D eigenvalue weighted by atomic mass is 9.93. The number of benzene rings is 1. The van der Waals surface area contributed by atoms with Gasteiger partial charge in [0.05, 0.1) is 0 Å². The quantitative estimate of drug-likeness (QED) is 0.811. The molecule has 1 aromatic carbocycles. The Bertz CT molecular complexity index is 299. The maximum Gasteiger partial charge on any atom is 0.0342 e. The number of rotatable bonds is 4. The van der Waals surface area contributed by atoms with Crippen molar-refractivity contribution in [1.82, 2.24) is 4.90 Å². The van der Waals surface area contributed by atoms with Gasteiger partial charge in [-0.25, -0.2) is 0 Å². The molecule has 1 aliphatic rings. The molecule has 0 spiro atoms. The summed E-state index contributed by atoms with van der Waals surface area (Å²) >= 11 is 0. The summed E-state index contributed by atoms with van der Waals surface area (Å²) in [6, 6.07) is 9.53. The van der Waals surface area contributed by atoms with E-state index in [9.17, 15) is 0 Å². The molecule has 0 radical (unpaired) electrons. The second-order valence-corrected chi connectivity index (χ2v) is 4.71. The van der Waals surface area contributed by atoms with Crippen LogP contribution in [0.1, 0.15) is 24.8 Å². The summed E-state index contributed by atoms with van der Waals surface area (Å²) in [7, 11) is 4.20. The van der Waals surface area contributed by atoms with Crippen molar-refractivity contribution in [3.05, 3.63) is 29.8 Å². The second-order valence-electron chi connectivity index (χ2n) is 4.71. The maximum absolute atomic E-state index is 3.55. The van der Waals surface area contributed by atoms with Gasteiger partial charge in [-0.05, 0) is 51.1 Å². The Morgan fingerprint density at radius 2 is 1.87 bits per heavy atom. The van der Waals surface area contributed by atoms with Gasteiger partial charge in [-0.2, -0.15) is 0 Å². The van der Waals surface area contributed by atoms with Crippen LogP contribution in [0.15, 0.2) is 24.3 Å². The predicted octanol–water partition coefficient (Wildman–Crippen LogP) is 2.71. The van der Waals surface area contributed by atoms with Crippen molar-refractivity contribution < 1.29 is 0 Å². The molecule has 0 aromatic heterocycles. The number of hydrogen-bond acceptors (Lipinski definition) is 2. The Balaban J connectivity index is 1.91. The Morgan fingerprint density at radius 1 is 1.20 bits per heavy atom. The van der Waals surface area contributed by atoms with Crippen molar-refractivity contribution >= 4 is 5.69 Å². The highest BCUT2D eigenvalue weighted by Crippen LogP contribution is 2.23. The molecule has 0 amide bonds. The highest BCUT2D eigenvalue weighted by atomic mass is 15.0. The molecule has 0 unspecified atom stereocenters. The summed E-state index contributed by atoms with van der Waals surface area (Å²) < 4.78 is 0. The molecular formula is C13H20N2. The summed E-state index contributed by atoms with van der Waals surface area (Å²) in [5.41, 5.74) is 2.64. The van der Waals surface area contributed by atoms with Crippen LogP contribution >= 0.6 is 0 Å². The van der Waals surface area contributed by atoms with E-state index in [1.807, 2.05) is 0 Å². The molecule has 1 N–H and O–H groups in total. The van der Waals surface area contributed by atoms with Crippen molar-refractivity contribution in [2.45, 2.75) is 31.8 Å². The SMILES string of the molecule is CN(C)Cc1ccc(NC2CCC2)cc1. The van der Waals surface area contributed by atoms with Crippen molar-refractivity contribution in [2.75, 3.05) is 19.4 Å². The van der Waals surface area contributed by atoms with E-state index in [1.165, 1.54) is 30.5 Å². The highest BCUT2D eigenvalue weighted by Gasteiger charge is 2.16. The van der Waals surface area contributed by atoms with Gasteiger partial charge in [0.1, 0.15) is 0 Å². The molecule has 1 fully saturated rings. The molecule has 1 aromatic rings. The molecule has 2 heteroatoms. The van der Waals surface area contributed by atoms with Gasteiger partial charge >= 0.3 is 0 Å². The minimum atomic E-state index is 0.727. The van der Waals surface area contributed by atoms with E-state index in [0.29, 0.717) is 0 Å². The number of anilines is 1. The predicted molar refractivity (Wildman–Crippen MR) is 65.1 cm³/mol. The van der Waals surface area contributed by atoms with Gasteiger partial charge < -0.3 is 10.2 Å². The molecule has 0 bridgehead atoms. The normalized spacial score (nSPS) is 16.5. The Hall–Kier alpha value is -1.02. The van der Waals surface area contributed by atoms with Crippen LogP contribution in [0.25, 0.3) is 0 Å². The molecule has 2 nitrogen and oxygen atoms in total. The first-order valence-corrected chi connectivity index (χ1v) is 5.74. The summed E-state index contributed by atoms with van der Waals surface area (Å²) in [5, 5.41) is 3.55. The molecule has 0 atom stereocenters. The summed E-state index contributed by atoms with van der Waals surface area (Å²) in [6.07, 6.45) is 4.05. The minimum Gasteiger partial charge on any atom is -0.382 e. The minimum absolute atomic E-state index is 0.727. The van der Waals surface area contributed by atoms with Crippen molar-refractivity contribution in [1.29, 1.82) is 0 Å². The fourth-order valence-corrected chi connectivity index (χ4v) is 1.86. The van der Waals surface area contributed by atoms with Gasteiger partial charge in [0, 0.05) is 18.3 Å². The van der Waals surface area contributed by atoms with Gasteiger partial charge in [0.2, 0.25) is 0 Å². The first-order chi connectivity index (χ1) is 7.24. The second kappa shape index (κ2) is 4.67. The van der Waals surface area contributed by atoms with Crippen LogP contribution in [0.3, 0.4) is 0 Å². The highest BCUT2D eigenvalue weighted by molar-refractivity contribution is 5.45. The third kappa shape index (κ3) is 2.96. The zero-order chi connectivity index (χ0) is 10.7.